The number of hydrogen-bond acceptors (Lipinski definition) is 4. The lowest BCUT2D eigenvalue weighted by Crippen LogP contribution is -2.56. The number of amides is 2. The largest absolute Gasteiger partial charge is 0.344 e. The highest BCUT2D eigenvalue weighted by molar-refractivity contribution is 6.30. The maximum absolute atomic E-state index is 13.8. The molecule has 0 spiro atoms. The van der Waals surface area contributed by atoms with E-state index in [1.165, 1.54) is 19.3 Å². The first kappa shape index (κ1) is 27.1. The van der Waals surface area contributed by atoms with E-state index in [1.54, 1.807) is 6.92 Å². The summed E-state index contributed by atoms with van der Waals surface area (Å²) in [5, 5.41) is 3.77. The summed E-state index contributed by atoms with van der Waals surface area (Å²) in [6.45, 7) is 4.63. The molecule has 1 aliphatic carbocycles. The van der Waals surface area contributed by atoms with E-state index in [9.17, 15) is 14.4 Å². The van der Waals surface area contributed by atoms with E-state index in [2.05, 4.69) is 10.2 Å². The fourth-order valence-corrected chi connectivity index (χ4v) is 6.90. The number of rotatable bonds is 7. The average molecular weight is 516 g/mol. The summed E-state index contributed by atoms with van der Waals surface area (Å²) in [5.41, 5.74) is 0.676. The predicted octanol–water partition coefficient (Wildman–Crippen LogP) is 4.49. The maximum Gasteiger partial charge on any atom is 0.245 e. The van der Waals surface area contributed by atoms with Crippen molar-refractivity contribution in [3.8, 4) is 0 Å². The van der Waals surface area contributed by atoms with Crippen molar-refractivity contribution in [1.82, 2.24) is 15.1 Å². The topological polar surface area (TPSA) is 69.7 Å². The molecule has 198 valence electrons. The number of halogens is 1. The lowest BCUT2D eigenvalue weighted by Gasteiger charge is -2.47. The Labute approximate surface area is 221 Å². The van der Waals surface area contributed by atoms with Crippen molar-refractivity contribution in [2.24, 2.45) is 17.3 Å². The monoisotopic (exact) mass is 515 g/mol. The number of carbonyl (C=O) groups is 3. The minimum atomic E-state index is -0.620. The molecule has 2 saturated heterocycles. The van der Waals surface area contributed by atoms with Gasteiger partial charge in [-0.25, -0.2) is 0 Å². The molecule has 6 nitrogen and oxygen atoms in total. The number of Topliss-reactive ketones (excluding diaryl/α,β-unsaturated/α-hetero) is 1. The van der Waals surface area contributed by atoms with Gasteiger partial charge in [0, 0.05) is 36.5 Å². The van der Waals surface area contributed by atoms with Crippen LogP contribution >= 0.6 is 11.6 Å². The van der Waals surface area contributed by atoms with Crippen LogP contribution in [0.3, 0.4) is 0 Å². The Balaban J connectivity index is 1.46. The molecule has 0 unspecified atom stereocenters. The van der Waals surface area contributed by atoms with Gasteiger partial charge < -0.3 is 15.1 Å². The molecular formula is C29H42ClN3O3. The summed E-state index contributed by atoms with van der Waals surface area (Å²) in [5.74, 6) is 0.555. The van der Waals surface area contributed by atoms with Gasteiger partial charge in [-0.05, 0) is 82.7 Å². The second-order valence-corrected chi connectivity index (χ2v) is 11.8. The number of ketones is 1. The molecule has 1 aromatic rings. The highest BCUT2D eigenvalue weighted by Gasteiger charge is 2.46. The molecule has 3 aliphatic rings. The van der Waals surface area contributed by atoms with Gasteiger partial charge in [0.05, 0.1) is 5.92 Å². The molecule has 3 fully saturated rings. The van der Waals surface area contributed by atoms with Crippen molar-refractivity contribution < 1.29 is 14.4 Å². The second-order valence-electron chi connectivity index (χ2n) is 11.4. The third kappa shape index (κ3) is 6.31. The molecule has 0 bridgehead atoms. The molecule has 1 N–H and O–H groups in total. The average Bonchev–Trinajstić information content (AvgIpc) is 2.89. The normalized spacial score (nSPS) is 24.2. The van der Waals surface area contributed by atoms with Crippen LogP contribution < -0.4 is 5.32 Å². The Hall–Kier alpha value is -1.92. The molecule has 2 amide bonds. The van der Waals surface area contributed by atoms with Gasteiger partial charge in [0.1, 0.15) is 11.8 Å². The minimum Gasteiger partial charge on any atom is -0.344 e. The van der Waals surface area contributed by atoms with Crippen molar-refractivity contribution >= 4 is 29.2 Å². The summed E-state index contributed by atoms with van der Waals surface area (Å²) < 4.78 is 0. The first-order valence-electron chi connectivity index (χ1n) is 13.8. The number of likely N-dealkylation sites (tertiary alicyclic amines) is 2. The number of carbonyl (C=O) groups excluding carboxylic acids is 3. The number of nitrogens with zero attached hydrogens (tertiary/aromatic N) is 2. The zero-order valence-electron chi connectivity index (χ0n) is 21.9. The van der Waals surface area contributed by atoms with Crippen molar-refractivity contribution in [2.45, 2.75) is 77.2 Å². The number of nitrogens with one attached hydrogen (secondary N) is 1. The van der Waals surface area contributed by atoms with Gasteiger partial charge in [0.25, 0.3) is 0 Å². The summed E-state index contributed by atoms with van der Waals surface area (Å²) >= 11 is 6.07. The van der Waals surface area contributed by atoms with Gasteiger partial charge in [-0.1, -0.05) is 43.0 Å². The van der Waals surface area contributed by atoms with Gasteiger partial charge in [-0.3, -0.25) is 14.4 Å². The first-order chi connectivity index (χ1) is 17.3. The molecular weight excluding hydrogens is 474 g/mol. The van der Waals surface area contributed by atoms with Crippen molar-refractivity contribution in [3.05, 3.63) is 34.9 Å². The molecule has 0 aromatic heterocycles. The van der Waals surface area contributed by atoms with Crippen LogP contribution in [0.25, 0.3) is 0 Å². The van der Waals surface area contributed by atoms with E-state index >= 15 is 0 Å². The van der Waals surface area contributed by atoms with Crippen molar-refractivity contribution in [1.29, 1.82) is 0 Å². The van der Waals surface area contributed by atoms with Gasteiger partial charge in [0.2, 0.25) is 11.8 Å². The second kappa shape index (κ2) is 12.1. The summed E-state index contributed by atoms with van der Waals surface area (Å²) in [6, 6.07) is 6.86. The number of hydrogen-bond donors (Lipinski definition) is 1. The zero-order chi connectivity index (χ0) is 25.7. The molecule has 1 aromatic carbocycles. The predicted molar refractivity (Wildman–Crippen MR) is 143 cm³/mol. The van der Waals surface area contributed by atoms with Crippen LogP contribution in [0.2, 0.25) is 5.02 Å². The maximum atomic E-state index is 13.8. The molecule has 2 heterocycles. The SMILES string of the molecule is CC(=O)C1(C2CCCCC2)CCN(C(=O)[C@@H](Cc2ccc(Cl)cc2)NC(=O)[C@H]2CCCN(C)C2)CC1. The Morgan fingerprint density at radius 3 is 2.28 bits per heavy atom. The standard InChI is InChI=1S/C29H42ClN3O3/c1-21(34)29(24-8-4-3-5-9-24)14-17-33(18-15-29)28(36)26(19-22-10-12-25(30)13-11-22)31-27(35)23-7-6-16-32(2)20-23/h10-13,23-24,26H,3-9,14-20H2,1-2H3,(H,31,35)/t23-,26+/m0/s1. The van der Waals surface area contributed by atoms with Gasteiger partial charge in [-0.15, -0.1) is 0 Å². The summed E-state index contributed by atoms with van der Waals surface area (Å²) in [6.07, 6.45) is 9.65. The van der Waals surface area contributed by atoms with E-state index in [4.69, 9.17) is 11.6 Å². The van der Waals surface area contributed by atoms with Crippen LogP contribution in [-0.4, -0.2) is 66.7 Å². The molecule has 0 radical (unpaired) electrons. The number of benzene rings is 1. The Bertz CT molecular complexity index is 920. The highest BCUT2D eigenvalue weighted by atomic mass is 35.5. The van der Waals surface area contributed by atoms with Gasteiger partial charge >= 0.3 is 0 Å². The molecule has 36 heavy (non-hydrogen) atoms. The fourth-order valence-electron chi connectivity index (χ4n) is 6.78. The van der Waals surface area contributed by atoms with E-state index in [0.717, 1.165) is 57.2 Å². The third-order valence-electron chi connectivity index (χ3n) is 9.02. The Kier molecular flexibility index (Phi) is 9.10. The minimum absolute atomic E-state index is 0.0360. The Morgan fingerprint density at radius 1 is 1.00 bits per heavy atom. The lowest BCUT2D eigenvalue weighted by atomic mass is 9.62. The van der Waals surface area contributed by atoms with Crippen LogP contribution in [0.15, 0.2) is 24.3 Å². The summed E-state index contributed by atoms with van der Waals surface area (Å²) in [4.78, 5) is 43.9. The van der Waals surface area contributed by atoms with E-state index in [1.807, 2.05) is 36.2 Å². The highest BCUT2D eigenvalue weighted by Crippen LogP contribution is 2.46. The van der Waals surface area contributed by atoms with Crippen LogP contribution in [-0.2, 0) is 20.8 Å². The van der Waals surface area contributed by atoms with Gasteiger partial charge in [-0.2, -0.15) is 0 Å². The van der Waals surface area contributed by atoms with Crippen LogP contribution in [0.4, 0.5) is 0 Å². The molecule has 4 rings (SSSR count). The zero-order valence-corrected chi connectivity index (χ0v) is 22.7. The smallest absolute Gasteiger partial charge is 0.245 e. The van der Waals surface area contributed by atoms with Crippen molar-refractivity contribution in [3.63, 3.8) is 0 Å². The van der Waals surface area contributed by atoms with E-state index < -0.39 is 6.04 Å². The van der Waals surface area contributed by atoms with Crippen LogP contribution in [0.5, 0.6) is 0 Å². The van der Waals surface area contributed by atoms with Crippen LogP contribution in [0, 0.1) is 17.3 Å². The number of piperidine rings is 2. The van der Waals surface area contributed by atoms with Gasteiger partial charge in [0.15, 0.2) is 0 Å². The van der Waals surface area contributed by atoms with Crippen LogP contribution in [0.1, 0.15) is 70.3 Å². The van der Waals surface area contributed by atoms with E-state index in [0.29, 0.717) is 30.5 Å². The van der Waals surface area contributed by atoms with E-state index in [-0.39, 0.29) is 28.9 Å². The molecule has 2 atom stereocenters. The molecule has 7 heteroatoms. The Morgan fingerprint density at radius 2 is 1.67 bits per heavy atom. The quantitative estimate of drug-likeness (QED) is 0.581. The molecule has 1 saturated carbocycles. The van der Waals surface area contributed by atoms with Crippen molar-refractivity contribution in [2.75, 3.05) is 33.2 Å². The molecule has 2 aliphatic heterocycles. The fraction of sp³-hybridized carbons (Fsp3) is 0.690. The third-order valence-corrected chi connectivity index (χ3v) is 9.27. The first-order valence-corrected chi connectivity index (χ1v) is 14.2. The summed E-state index contributed by atoms with van der Waals surface area (Å²) in [7, 11) is 2.04. The lowest BCUT2D eigenvalue weighted by molar-refractivity contribution is -0.144.